The fraction of sp³-hybridized carbons (Fsp3) is 0.154. The molecule has 0 aliphatic rings. The Labute approximate surface area is 138 Å². The van der Waals surface area contributed by atoms with Crippen LogP contribution in [0.5, 0.6) is 0 Å². The molecule has 3 rings (SSSR count). The van der Waals surface area contributed by atoms with Crippen LogP contribution in [0.1, 0.15) is 11.5 Å². The molecule has 2 N–H and O–H groups in total. The zero-order chi connectivity index (χ0) is 14.8. The molecule has 0 saturated carbocycles. The maximum atomic E-state index is 5.88. The third kappa shape index (κ3) is 3.28. The molecule has 2 aromatic heterocycles. The van der Waals surface area contributed by atoms with Crippen molar-refractivity contribution < 1.29 is 4.52 Å². The summed E-state index contributed by atoms with van der Waals surface area (Å²) in [6.45, 7) is 1.88. The number of nitrogens with zero attached hydrogens (tertiary/aromatic N) is 3. The molecular weight excluding hydrogens is 372 g/mol. The standard InChI is InChI=1S/C13H11BrN4OS2/c1-7-11(12(15)21-18-7)13-16-10(17-19-13)6-20-9-4-2-8(14)3-5-9/h2-5H,6,15H2,1H3. The van der Waals surface area contributed by atoms with Crippen LogP contribution in [0, 0.1) is 6.92 Å². The van der Waals surface area contributed by atoms with E-state index in [4.69, 9.17) is 10.3 Å². The van der Waals surface area contributed by atoms with Gasteiger partial charge in [0.2, 0.25) is 0 Å². The summed E-state index contributed by atoms with van der Waals surface area (Å²) < 4.78 is 10.5. The molecule has 108 valence electrons. The Morgan fingerprint density at radius 3 is 2.76 bits per heavy atom. The summed E-state index contributed by atoms with van der Waals surface area (Å²) in [7, 11) is 0. The van der Waals surface area contributed by atoms with Gasteiger partial charge in [-0.25, -0.2) is 0 Å². The summed E-state index contributed by atoms with van der Waals surface area (Å²) in [6.07, 6.45) is 0. The van der Waals surface area contributed by atoms with Crippen LogP contribution in [0.3, 0.4) is 0 Å². The number of benzene rings is 1. The first kappa shape index (κ1) is 14.6. The number of thioether (sulfide) groups is 1. The number of nitrogens with two attached hydrogens (primary N) is 1. The third-order valence-corrected chi connectivity index (χ3v) is 5.06. The smallest absolute Gasteiger partial charge is 0.262 e. The number of aryl methyl sites for hydroxylation is 1. The zero-order valence-electron chi connectivity index (χ0n) is 11.0. The third-order valence-electron chi connectivity index (χ3n) is 2.75. The first-order valence-corrected chi connectivity index (χ1v) is 8.62. The molecule has 0 bridgehead atoms. The van der Waals surface area contributed by atoms with Crippen LogP contribution in [0.4, 0.5) is 5.00 Å². The Kier molecular flexibility index (Phi) is 4.27. The molecule has 0 saturated heterocycles. The molecule has 0 aliphatic carbocycles. The summed E-state index contributed by atoms with van der Waals surface area (Å²) in [5.41, 5.74) is 7.44. The van der Waals surface area contributed by atoms with Gasteiger partial charge in [0.05, 0.1) is 17.0 Å². The molecule has 21 heavy (non-hydrogen) atoms. The van der Waals surface area contributed by atoms with E-state index in [1.54, 1.807) is 11.8 Å². The van der Waals surface area contributed by atoms with Crippen molar-refractivity contribution in [1.82, 2.24) is 14.5 Å². The highest BCUT2D eigenvalue weighted by molar-refractivity contribution is 9.10. The molecule has 0 unspecified atom stereocenters. The number of hydrogen-bond donors (Lipinski definition) is 1. The van der Waals surface area contributed by atoms with Crippen molar-refractivity contribution >= 4 is 44.2 Å². The number of hydrogen-bond acceptors (Lipinski definition) is 7. The van der Waals surface area contributed by atoms with Crippen molar-refractivity contribution in [3.05, 3.63) is 40.3 Å². The molecule has 0 spiro atoms. The van der Waals surface area contributed by atoms with Gasteiger partial charge in [0.15, 0.2) is 5.82 Å². The maximum absolute atomic E-state index is 5.88. The average molecular weight is 383 g/mol. The number of rotatable bonds is 4. The minimum atomic E-state index is 0.435. The van der Waals surface area contributed by atoms with E-state index in [1.807, 2.05) is 31.2 Å². The molecule has 0 radical (unpaired) electrons. The quantitative estimate of drug-likeness (QED) is 0.683. The molecule has 3 aromatic rings. The summed E-state index contributed by atoms with van der Waals surface area (Å²) in [4.78, 5) is 5.54. The van der Waals surface area contributed by atoms with E-state index in [0.29, 0.717) is 22.5 Å². The van der Waals surface area contributed by atoms with Gasteiger partial charge in [0, 0.05) is 9.37 Å². The molecule has 0 amide bonds. The molecule has 0 fully saturated rings. The van der Waals surface area contributed by atoms with Gasteiger partial charge in [-0.05, 0) is 42.7 Å². The second-order valence-electron chi connectivity index (χ2n) is 4.27. The van der Waals surface area contributed by atoms with Crippen molar-refractivity contribution in [2.75, 3.05) is 5.73 Å². The van der Waals surface area contributed by atoms with E-state index in [-0.39, 0.29) is 0 Å². The molecule has 5 nitrogen and oxygen atoms in total. The second-order valence-corrected chi connectivity index (χ2v) is 7.03. The summed E-state index contributed by atoms with van der Waals surface area (Å²) in [6, 6.07) is 8.09. The van der Waals surface area contributed by atoms with Crippen LogP contribution < -0.4 is 5.73 Å². The van der Waals surface area contributed by atoms with Crippen molar-refractivity contribution in [1.29, 1.82) is 0 Å². The minimum absolute atomic E-state index is 0.435. The lowest BCUT2D eigenvalue weighted by Crippen LogP contribution is -1.87. The SMILES string of the molecule is Cc1nsc(N)c1-c1nc(CSc2ccc(Br)cc2)no1. The maximum Gasteiger partial charge on any atom is 0.262 e. The molecule has 0 atom stereocenters. The fourth-order valence-corrected chi connectivity index (χ4v) is 3.40. The monoisotopic (exact) mass is 382 g/mol. The van der Waals surface area contributed by atoms with Crippen LogP contribution in [-0.2, 0) is 5.75 Å². The Hall–Kier alpha value is -1.38. The van der Waals surface area contributed by atoms with E-state index in [1.165, 1.54) is 11.5 Å². The highest BCUT2D eigenvalue weighted by Crippen LogP contribution is 2.31. The van der Waals surface area contributed by atoms with Crippen LogP contribution in [0.15, 0.2) is 38.2 Å². The Bertz CT molecular complexity index is 734. The minimum Gasteiger partial charge on any atom is -0.389 e. The Morgan fingerprint density at radius 1 is 1.33 bits per heavy atom. The van der Waals surface area contributed by atoms with Gasteiger partial charge < -0.3 is 10.3 Å². The van der Waals surface area contributed by atoms with E-state index in [9.17, 15) is 0 Å². The molecule has 1 aromatic carbocycles. The Balaban J connectivity index is 1.72. The van der Waals surface area contributed by atoms with Crippen molar-refractivity contribution in [2.45, 2.75) is 17.6 Å². The van der Waals surface area contributed by atoms with Gasteiger partial charge in [0.25, 0.3) is 5.89 Å². The van der Waals surface area contributed by atoms with Gasteiger partial charge in [-0.15, -0.1) is 11.8 Å². The largest absolute Gasteiger partial charge is 0.389 e. The number of aromatic nitrogens is 3. The first-order valence-electron chi connectivity index (χ1n) is 6.06. The van der Waals surface area contributed by atoms with E-state index >= 15 is 0 Å². The number of halogens is 1. The van der Waals surface area contributed by atoms with Crippen LogP contribution >= 0.6 is 39.2 Å². The fourth-order valence-electron chi connectivity index (χ4n) is 1.74. The lowest BCUT2D eigenvalue weighted by Gasteiger charge is -1.98. The average Bonchev–Trinajstić information content (AvgIpc) is 3.05. The summed E-state index contributed by atoms with van der Waals surface area (Å²) >= 11 is 6.30. The lowest BCUT2D eigenvalue weighted by molar-refractivity contribution is 0.425. The lowest BCUT2D eigenvalue weighted by atomic mass is 10.2. The number of nitrogen functional groups attached to an aromatic ring is 1. The van der Waals surface area contributed by atoms with E-state index in [0.717, 1.165) is 20.6 Å². The van der Waals surface area contributed by atoms with Crippen molar-refractivity contribution in [3.63, 3.8) is 0 Å². The van der Waals surface area contributed by atoms with Crippen LogP contribution in [-0.4, -0.2) is 14.5 Å². The molecule has 8 heteroatoms. The molecule has 0 aliphatic heterocycles. The summed E-state index contributed by atoms with van der Waals surface area (Å²) in [5.74, 6) is 1.72. The highest BCUT2D eigenvalue weighted by atomic mass is 79.9. The van der Waals surface area contributed by atoms with Crippen LogP contribution in [0.25, 0.3) is 11.5 Å². The first-order chi connectivity index (χ1) is 10.1. The van der Waals surface area contributed by atoms with Gasteiger partial charge in [-0.1, -0.05) is 21.1 Å². The predicted molar refractivity (Wildman–Crippen MR) is 88.3 cm³/mol. The Morgan fingerprint density at radius 2 is 2.10 bits per heavy atom. The topological polar surface area (TPSA) is 77.8 Å². The second kappa shape index (κ2) is 6.17. The van der Waals surface area contributed by atoms with Gasteiger partial charge >= 0.3 is 0 Å². The van der Waals surface area contributed by atoms with Crippen molar-refractivity contribution in [3.8, 4) is 11.5 Å². The highest BCUT2D eigenvalue weighted by Gasteiger charge is 2.17. The van der Waals surface area contributed by atoms with Gasteiger partial charge in [-0.2, -0.15) is 9.36 Å². The molecule has 2 heterocycles. The number of anilines is 1. The molecular formula is C13H11BrN4OS2. The van der Waals surface area contributed by atoms with Crippen LogP contribution in [0.2, 0.25) is 0 Å². The van der Waals surface area contributed by atoms with E-state index < -0.39 is 0 Å². The van der Waals surface area contributed by atoms with Gasteiger partial charge in [0.1, 0.15) is 5.00 Å². The van der Waals surface area contributed by atoms with Crippen molar-refractivity contribution in [2.24, 2.45) is 0 Å². The van der Waals surface area contributed by atoms with Gasteiger partial charge in [-0.3, -0.25) is 0 Å². The van der Waals surface area contributed by atoms with E-state index in [2.05, 4.69) is 30.4 Å². The zero-order valence-corrected chi connectivity index (χ0v) is 14.3. The summed E-state index contributed by atoms with van der Waals surface area (Å²) in [5, 5.41) is 4.59. The normalized spacial score (nSPS) is 11.0. The predicted octanol–water partition coefficient (Wildman–Crippen LogP) is 4.14.